The predicted molar refractivity (Wildman–Crippen MR) is 78.1 cm³/mol. The summed E-state index contributed by atoms with van der Waals surface area (Å²) in [4.78, 5) is 11.7. The highest BCUT2D eigenvalue weighted by Gasteiger charge is 2.33. The molecule has 2 aromatic rings. The van der Waals surface area contributed by atoms with Crippen LogP contribution in [0, 0.1) is 0 Å². The van der Waals surface area contributed by atoms with E-state index in [1.54, 1.807) is 18.2 Å². The van der Waals surface area contributed by atoms with Crippen molar-refractivity contribution in [1.82, 2.24) is 0 Å². The number of rotatable bonds is 2. The van der Waals surface area contributed by atoms with Gasteiger partial charge in [0.25, 0.3) is 10.0 Å². The zero-order valence-corrected chi connectivity index (χ0v) is 12.3. The zero-order valence-electron chi connectivity index (χ0n) is 10.7. The minimum absolute atomic E-state index is 0.102. The summed E-state index contributed by atoms with van der Waals surface area (Å²) in [6.07, 6.45) is 0. The molecule has 1 aliphatic heterocycles. The van der Waals surface area contributed by atoms with E-state index in [1.165, 1.54) is 30.3 Å². The van der Waals surface area contributed by atoms with Gasteiger partial charge in [0.2, 0.25) is 0 Å². The zero-order chi connectivity index (χ0) is 15.0. The first kappa shape index (κ1) is 13.9. The van der Waals surface area contributed by atoms with Gasteiger partial charge in [0.05, 0.1) is 10.6 Å². The molecule has 0 saturated heterocycles. The van der Waals surface area contributed by atoms with Crippen LogP contribution in [-0.4, -0.2) is 20.9 Å². The van der Waals surface area contributed by atoms with Crippen molar-refractivity contribution in [2.45, 2.75) is 4.90 Å². The van der Waals surface area contributed by atoms with Crippen LogP contribution in [0.3, 0.4) is 0 Å². The van der Waals surface area contributed by atoms with Crippen LogP contribution >= 0.6 is 11.6 Å². The summed E-state index contributed by atoms with van der Waals surface area (Å²) in [5.74, 6) is -0.459. The Labute approximate surface area is 126 Å². The smallest absolute Gasteiger partial charge is 0.332 e. The monoisotopic (exact) mass is 323 g/mol. The lowest BCUT2D eigenvalue weighted by Crippen LogP contribution is -2.40. The van der Waals surface area contributed by atoms with E-state index in [4.69, 9.17) is 16.3 Å². The lowest BCUT2D eigenvalue weighted by atomic mass is 10.2. The number of fused-ring (bicyclic) bond motifs is 1. The van der Waals surface area contributed by atoms with Crippen molar-refractivity contribution in [3.05, 3.63) is 53.6 Å². The maximum Gasteiger partial charge on any atom is 0.332 e. The molecule has 3 rings (SSSR count). The van der Waals surface area contributed by atoms with Gasteiger partial charge in [-0.25, -0.2) is 13.2 Å². The predicted octanol–water partition coefficient (Wildman–Crippen LogP) is 2.45. The molecule has 0 unspecified atom stereocenters. The highest BCUT2D eigenvalue weighted by Crippen LogP contribution is 2.37. The Bertz CT molecular complexity index is 805. The number of halogens is 1. The molecular weight excluding hydrogens is 314 g/mol. The Morgan fingerprint density at radius 2 is 1.81 bits per heavy atom. The lowest BCUT2D eigenvalue weighted by Gasteiger charge is -2.29. The summed E-state index contributed by atoms with van der Waals surface area (Å²) >= 11 is 5.91. The summed E-state index contributed by atoms with van der Waals surface area (Å²) in [7, 11) is -3.85. The van der Waals surface area contributed by atoms with Gasteiger partial charge in [-0.2, -0.15) is 0 Å². The van der Waals surface area contributed by atoms with Gasteiger partial charge in [0.15, 0.2) is 5.75 Å². The first-order valence-corrected chi connectivity index (χ1v) is 7.88. The van der Waals surface area contributed by atoms with Crippen LogP contribution in [-0.2, 0) is 14.8 Å². The molecule has 108 valence electrons. The first-order chi connectivity index (χ1) is 9.98. The number of hydrogen-bond acceptors (Lipinski definition) is 4. The van der Waals surface area contributed by atoms with Crippen molar-refractivity contribution in [3.63, 3.8) is 0 Å². The number of hydrogen-bond donors (Lipinski definition) is 0. The third-order valence-corrected chi connectivity index (χ3v) is 5.03. The second-order valence-electron chi connectivity index (χ2n) is 4.41. The molecule has 7 heteroatoms. The average Bonchev–Trinajstić information content (AvgIpc) is 2.48. The van der Waals surface area contributed by atoms with E-state index in [2.05, 4.69) is 0 Å². The van der Waals surface area contributed by atoms with Gasteiger partial charge in [-0.15, -0.1) is 0 Å². The Morgan fingerprint density at radius 1 is 1.10 bits per heavy atom. The molecule has 0 N–H and O–H groups in total. The summed E-state index contributed by atoms with van der Waals surface area (Å²) in [5.41, 5.74) is 0.256. The molecule has 0 atom stereocenters. The van der Waals surface area contributed by atoms with E-state index in [0.717, 1.165) is 4.31 Å². The maximum absolute atomic E-state index is 12.7. The Balaban J connectivity index is 2.16. The van der Waals surface area contributed by atoms with Gasteiger partial charge in [-0.05, 0) is 30.3 Å². The fourth-order valence-corrected chi connectivity index (χ4v) is 3.66. The van der Waals surface area contributed by atoms with Crippen LogP contribution in [0.25, 0.3) is 0 Å². The molecule has 21 heavy (non-hydrogen) atoms. The van der Waals surface area contributed by atoms with Gasteiger partial charge >= 0.3 is 5.97 Å². The molecule has 0 spiro atoms. The molecule has 2 aromatic carbocycles. The van der Waals surface area contributed by atoms with Crippen LogP contribution in [0.4, 0.5) is 5.69 Å². The van der Waals surface area contributed by atoms with Crippen molar-refractivity contribution in [1.29, 1.82) is 0 Å². The minimum atomic E-state index is -3.85. The van der Waals surface area contributed by atoms with Gasteiger partial charge in [0.1, 0.15) is 6.54 Å². The second kappa shape index (κ2) is 5.05. The fourth-order valence-electron chi connectivity index (χ4n) is 2.06. The van der Waals surface area contributed by atoms with Crippen molar-refractivity contribution in [2.75, 3.05) is 10.8 Å². The van der Waals surface area contributed by atoms with E-state index < -0.39 is 16.0 Å². The number of esters is 1. The maximum atomic E-state index is 12.7. The highest BCUT2D eigenvalue weighted by atomic mass is 35.5. The molecule has 0 saturated carbocycles. The number of benzene rings is 2. The molecule has 5 nitrogen and oxygen atoms in total. The molecule has 0 aromatic heterocycles. The van der Waals surface area contributed by atoms with Crippen LogP contribution in [0.15, 0.2) is 53.4 Å². The van der Waals surface area contributed by atoms with Crippen LogP contribution < -0.4 is 9.04 Å². The molecule has 0 radical (unpaired) electrons. The summed E-state index contributed by atoms with van der Waals surface area (Å²) in [6, 6.07) is 12.4. The van der Waals surface area contributed by atoms with E-state index in [1.807, 2.05) is 0 Å². The lowest BCUT2D eigenvalue weighted by molar-refractivity contribution is -0.133. The van der Waals surface area contributed by atoms with Crippen molar-refractivity contribution >= 4 is 33.3 Å². The topological polar surface area (TPSA) is 63.7 Å². The third kappa shape index (κ3) is 2.48. The van der Waals surface area contributed by atoms with Crippen LogP contribution in [0.5, 0.6) is 5.75 Å². The Kier molecular flexibility index (Phi) is 3.35. The molecule has 1 heterocycles. The van der Waals surface area contributed by atoms with Crippen molar-refractivity contribution < 1.29 is 17.9 Å². The van der Waals surface area contributed by atoms with E-state index in [0.29, 0.717) is 5.02 Å². The van der Waals surface area contributed by atoms with Gasteiger partial charge in [0, 0.05) is 5.02 Å². The number of carbonyl (C=O) groups excluding carboxylic acids is 1. The van der Waals surface area contributed by atoms with Crippen LogP contribution in [0.1, 0.15) is 0 Å². The van der Waals surface area contributed by atoms with Crippen molar-refractivity contribution in [2.24, 2.45) is 0 Å². The highest BCUT2D eigenvalue weighted by molar-refractivity contribution is 7.92. The summed E-state index contributed by atoms with van der Waals surface area (Å²) in [6.45, 7) is -0.384. The molecule has 0 amide bonds. The molecule has 0 aliphatic carbocycles. The number of anilines is 1. The fraction of sp³-hybridized carbons (Fsp3) is 0.0714. The molecule has 0 fully saturated rings. The summed E-state index contributed by atoms with van der Waals surface area (Å²) < 4.78 is 31.4. The average molecular weight is 324 g/mol. The Hall–Kier alpha value is -2.05. The number of carbonyl (C=O) groups is 1. The first-order valence-electron chi connectivity index (χ1n) is 6.06. The van der Waals surface area contributed by atoms with Crippen molar-refractivity contribution in [3.8, 4) is 5.75 Å². The van der Waals surface area contributed by atoms with E-state index >= 15 is 0 Å². The standard InChI is InChI=1S/C14H10ClNO4S/c15-10-6-7-13-12(8-10)16(9-14(17)20-13)21(18,19)11-4-2-1-3-5-11/h1-8H,9H2. The Morgan fingerprint density at radius 3 is 2.52 bits per heavy atom. The number of ether oxygens (including phenoxy) is 1. The minimum Gasteiger partial charge on any atom is -0.423 e. The second-order valence-corrected chi connectivity index (χ2v) is 6.71. The number of sulfonamides is 1. The van der Waals surface area contributed by atoms with E-state index in [9.17, 15) is 13.2 Å². The van der Waals surface area contributed by atoms with E-state index in [-0.39, 0.29) is 22.9 Å². The largest absolute Gasteiger partial charge is 0.423 e. The number of nitrogens with zero attached hydrogens (tertiary/aromatic N) is 1. The normalized spacial score (nSPS) is 14.5. The van der Waals surface area contributed by atoms with Gasteiger partial charge < -0.3 is 4.74 Å². The summed E-state index contributed by atoms with van der Waals surface area (Å²) in [5, 5.41) is 0.361. The third-order valence-electron chi connectivity index (χ3n) is 3.02. The van der Waals surface area contributed by atoms with Crippen LogP contribution in [0.2, 0.25) is 5.02 Å². The molecule has 1 aliphatic rings. The SMILES string of the molecule is O=C1CN(S(=O)(=O)c2ccccc2)c2cc(Cl)ccc2O1. The van der Waals surface area contributed by atoms with Gasteiger partial charge in [-0.3, -0.25) is 4.31 Å². The van der Waals surface area contributed by atoms with Gasteiger partial charge in [-0.1, -0.05) is 29.8 Å². The molecular formula is C14H10ClNO4S. The quantitative estimate of drug-likeness (QED) is 0.629. The molecule has 0 bridgehead atoms.